The number of nitrogens with zero attached hydrogens (tertiary/aromatic N) is 1. The van der Waals surface area contributed by atoms with Gasteiger partial charge >= 0.3 is 0 Å². The molecule has 1 N–H and O–H groups in total. The molecule has 0 bridgehead atoms. The molecular formula is C17H22ClFN2O. The van der Waals surface area contributed by atoms with E-state index in [0.717, 1.165) is 19.4 Å². The number of carbonyl (C=O) groups is 1. The van der Waals surface area contributed by atoms with Crippen LogP contribution in [-0.4, -0.2) is 30.5 Å². The highest BCUT2D eigenvalue weighted by Crippen LogP contribution is 2.37. The van der Waals surface area contributed by atoms with Crippen LogP contribution in [0, 0.1) is 5.82 Å². The molecule has 1 heterocycles. The van der Waals surface area contributed by atoms with E-state index in [1.165, 1.54) is 12.8 Å². The average Bonchev–Trinajstić information content (AvgIpc) is 2.48. The number of hydrogen-bond acceptors (Lipinski definition) is 3. The lowest BCUT2D eigenvalue weighted by molar-refractivity contribution is 0.112. The molecule has 22 heavy (non-hydrogen) atoms. The minimum absolute atomic E-state index is 0.0730. The van der Waals surface area contributed by atoms with Crippen LogP contribution < -0.4 is 10.2 Å². The van der Waals surface area contributed by atoms with Gasteiger partial charge in [-0.05, 0) is 38.8 Å². The van der Waals surface area contributed by atoms with Gasteiger partial charge in [0, 0.05) is 29.7 Å². The lowest BCUT2D eigenvalue weighted by Crippen LogP contribution is -2.67. The van der Waals surface area contributed by atoms with E-state index < -0.39 is 5.82 Å². The highest BCUT2D eigenvalue weighted by molar-refractivity contribution is 6.33. The van der Waals surface area contributed by atoms with Gasteiger partial charge in [-0.2, -0.15) is 0 Å². The van der Waals surface area contributed by atoms with Crippen molar-refractivity contribution < 1.29 is 9.18 Å². The molecule has 0 spiro atoms. The summed E-state index contributed by atoms with van der Waals surface area (Å²) in [5, 5.41) is 3.62. The van der Waals surface area contributed by atoms with Crippen LogP contribution in [0.2, 0.25) is 5.02 Å². The Morgan fingerprint density at radius 2 is 2.09 bits per heavy atom. The molecule has 2 fully saturated rings. The van der Waals surface area contributed by atoms with Crippen LogP contribution >= 0.6 is 11.6 Å². The number of benzene rings is 1. The van der Waals surface area contributed by atoms with Gasteiger partial charge in [-0.25, -0.2) is 4.39 Å². The van der Waals surface area contributed by atoms with E-state index in [4.69, 9.17) is 11.6 Å². The quantitative estimate of drug-likeness (QED) is 0.840. The summed E-state index contributed by atoms with van der Waals surface area (Å²) in [5.74, 6) is -0.478. The molecule has 1 saturated carbocycles. The molecule has 3 rings (SSSR count). The lowest BCUT2D eigenvalue weighted by atomic mass is 9.83. The van der Waals surface area contributed by atoms with Crippen molar-refractivity contribution in [2.75, 3.05) is 11.4 Å². The molecule has 1 aromatic rings. The molecule has 0 unspecified atom stereocenters. The van der Waals surface area contributed by atoms with Crippen molar-refractivity contribution in [2.45, 2.75) is 57.2 Å². The highest BCUT2D eigenvalue weighted by atomic mass is 35.5. The first kappa shape index (κ1) is 15.8. The first-order valence-corrected chi connectivity index (χ1v) is 8.28. The molecule has 0 aromatic heterocycles. The number of hydrogen-bond donors (Lipinski definition) is 1. The molecule has 1 aliphatic heterocycles. The summed E-state index contributed by atoms with van der Waals surface area (Å²) in [5.41, 5.74) is 0.639. The Balaban J connectivity index is 2.01. The molecule has 2 atom stereocenters. The molecule has 120 valence electrons. The molecule has 1 saturated heterocycles. The molecule has 0 radical (unpaired) electrons. The van der Waals surface area contributed by atoms with E-state index in [0.29, 0.717) is 18.0 Å². The number of rotatable bonds is 2. The standard InChI is InChI=1S/C17H22ClFN2O/c1-17(2)10-21(13-6-4-3-5-12(13)20-17)14-8-7-11(9-22)15(18)16(14)19/h7-9,12-13,20H,3-6,10H2,1-2H3/t12-,13+/m1/s1. The zero-order valence-electron chi connectivity index (χ0n) is 13.0. The Morgan fingerprint density at radius 1 is 1.36 bits per heavy atom. The molecule has 2 aliphatic rings. The Kier molecular flexibility index (Phi) is 4.17. The normalized spacial score (nSPS) is 27.4. The van der Waals surface area contributed by atoms with E-state index >= 15 is 0 Å². The van der Waals surface area contributed by atoms with Gasteiger partial charge in [0.05, 0.1) is 10.7 Å². The molecule has 5 heteroatoms. The van der Waals surface area contributed by atoms with E-state index in [1.807, 2.05) is 0 Å². The van der Waals surface area contributed by atoms with E-state index in [-0.39, 0.29) is 22.2 Å². The average molecular weight is 325 g/mol. The summed E-state index contributed by atoms with van der Waals surface area (Å²) in [4.78, 5) is 13.1. The minimum Gasteiger partial charge on any atom is -0.363 e. The molecule has 1 aliphatic carbocycles. The van der Waals surface area contributed by atoms with Gasteiger partial charge in [-0.3, -0.25) is 4.79 Å². The van der Waals surface area contributed by atoms with Crippen LogP contribution in [0.3, 0.4) is 0 Å². The number of nitrogens with one attached hydrogen (secondary N) is 1. The van der Waals surface area contributed by atoms with Gasteiger partial charge in [-0.1, -0.05) is 24.4 Å². The Morgan fingerprint density at radius 3 is 2.82 bits per heavy atom. The summed E-state index contributed by atoms with van der Waals surface area (Å²) in [6.45, 7) is 5.01. The Labute approximate surface area is 135 Å². The predicted octanol–water partition coefficient (Wildman–Crippen LogP) is 3.79. The summed E-state index contributed by atoms with van der Waals surface area (Å²) in [6, 6.07) is 3.97. The van der Waals surface area contributed by atoms with E-state index in [9.17, 15) is 9.18 Å². The predicted molar refractivity (Wildman–Crippen MR) is 87.4 cm³/mol. The van der Waals surface area contributed by atoms with Gasteiger partial charge in [0.2, 0.25) is 0 Å². The van der Waals surface area contributed by atoms with Crippen LogP contribution in [0.15, 0.2) is 12.1 Å². The monoisotopic (exact) mass is 324 g/mol. The topological polar surface area (TPSA) is 32.3 Å². The number of piperazine rings is 1. The maximum Gasteiger partial charge on any atom is 0.165 e. The second kappa shape index (κ2) is 5.82. The van der Waals surface area contributed by atoms with Crippen molar-refractivity contribution in [3.63, 3.8) is 0 Å². The van der Waals surface area contributed by atoms with Crippen LogP contribution in [0.1, 0.15) is 49.9 Å². The van der Waals surface area contributed by atoms with Gasteiger partial charge < -0.3 is 10.2 Å². The molecule has 1 aromatic carbocycles. The molecule has 3 nitrogen and oxygen atoms in total. The third-order valence-electron chi connectivity index (χ3n) is 4.80. The van der Waals surface area contributed by atoms with Crippen LogP contribution in [0.25, 0.3) is 0 Å². The van der Waals surface area contributed by atoms with Gasteiger partial charge in [0.15, 0.2) is 12.1 Å². The van der Waals surface area contributed by atoms with Crippen LogP contribution in [-0.2, 0) is 0 Å². The number of carbonyl (C=O) groups excluding carboxylic acids is 1. The first-order chi connectivity index (χ1) is 10.4. The second-order valence-corrected chi connectivity index (χ2v) is 7.41. The Hall–Kier alpha value is -1.13. The zero-order chi connectivity index (χ0) is 15.9. The summed E-state index contributed by atoms with van der Waals surface area (Å²) in [6.07, 6.45) is 5.15. The fraction of sp³-hybridized carbons (Fsp3) is 0.588. The second-order valence-electron chi connectivity index (χ2n) is 7.03. The SMILES string of the molecule is CC1(C)CN(c2ccc(C=O)c(Cl)c2F)[C@H]2CCCC[C@H]2N1. The maximum atomic E-state index is 14.7. The molecular weight excluding hydrogens is 303 g/mol. The lowest BCUT2D eigenvalue weighted by Gasteiger charge is -2.52. The van der Waals surface area contributed by atoms with Crippen molar-refractivity contribution >= 4 is 23.6 Å². The maximum absolute atomic E-state index is 14.7. The Bertz CT molecular complexity index is 590. The van der Waals surface area contributed by atoms with Crippen LogP contribution in [0.4, 0.5) is 10.1 Å². The minimum atomic E-state index is -0.478. The smallest absolute Gasteiger partial charge is 0.165 e. The third kappa shape index (κ3) is 2.74. The number of anilines is 1. The number of aldehydes is 1. The van der Waals surface area contributed by atoms with E-state index in [1.54, 1.807) is 12.1 Å². The fourth-order valence-electron chi connectivity index (χ4n) is 3.87. The van der Waals surface area contributed by atoms with Crippen molar-refractivity contribution in [3.8, 4) is 0 Å². The third-order valence-corrected chi connectivity index (χ3v) is 5.18. The van der Waals surface area contributed by atoms with Gasteiger partial charge in [-0.15, -0.1) is 0 Å². The number of halogens is 2. The van der Waals surface area contributed by atoms with Crippen molar-refractivity contribution in [1.29, 1.82) is 0 Å². The number of fused-ring (bicyclic) bond motifs is 1. The largest absolute Gasteiger partial charge is 0.363 e. The summed E-state index contributed by atoms with van der Waals surface area (Å²) in [7, 11) is 0. The van der Waals surface area contributed by atoms with Crippen LogP contribution in [0.5, 0.6) is 0 Å². The first-order valence-electron chi connectivity index (χ1n) is 7.90. The van der Waals surface area contributed by atoms with Crippen molar-refractivity contribution in [2.24, 2.45) is 0 Å². The van der Waals surface area contributed by atoms with E-state index in [2.05, 4.69) is 24.1 Å². The van der Waals surface area contributed by atoms with Gasteiger partial charge in [0.1, 0.15) is 0 Å². The fourth-order valence-corrected chi connectivity index (χ4v) is 4.08. The van der Waals surface area contributed by atoms with Crippen molar-refractivity contribution in [1.82, 2.24) is 5.32 Å². The van der Waals surface area contributed by atoms with Gasteiger partial charge in [0.25, 0.3) is 0 Å². The summed E-state index contributed by atoms with van der Waals surface area (Å²) >= 11 is 6.02. The molecule has 0 amide bonds. The highest BCUT2D eigenvalue weighted by Gasteiger charge is 2.41. The summed E-state index contributed by atoms with van der Waals surface area (Å²) < 4.78 is 14.7. The van der Waals surface area contributed by atoms with Crippen molar-refractivity contribution in [3.05, 3.63) is 28.5 Å². The zero-order valence-corrected chi connectivity index (χ0v) is 13.8.